The van der Waals surface area contributed by atoms with Gasteiger partial charge in [0.15, 0.2) is 6.10 Å². The molecule has 0 saturated carbocycles. The van der Waals surface area contributed by atoms with Crippen LogP contribution in [-0.2, 0) is 14.3 Å². The highest BCUT2D eigenvalue weighted by Crippen LogP contribution is 2.40. The number of thiazole rings is 1. The van der Waals surface area contributed by atoms with Crippen molar-refractivity contribution in [1.29, 1.82) is 0 Å². The Morgan fingerprint density at radius 1 is 1.24 bits per heavy atom. The van der Waals surface area contributed by atoms with Crippen LogP contribution >= 0.6 is 11.3 Å². The minimum atomic E-state index is -0.763. The van der Waals surface area contributed by atoms with Crippen LogP contribution in [0.4, 0.5) is 5.69 Å². The third kappa shape index (κ3) is 4.75. The molecule has 0 saturated heterocycles. The SMILES string of the molecule is CCCCOC(=O)C(C)N1C(=O)C(CC)Oc2ccc(-c3csc(-c4ccccn4)n3)cc21. The fourth-order valence-electron chi connectivity index (χ4n) is 3.66. The monoisotopic (exact) mass is 465 g/mol. The van der Waals surface area contributed by atoms with E-state index in [1.807, 2.05) is 55.6 Å². The third-order valence-electron chi connectivity index (χ3n) is 5.53. The maximum absolute atomic E-state index is 13.2. The van der Waals surface area contributed by atoms with Gasteiger partial charge in [-0.05, 0) is 50.1 Å². The lowest BCUT2D eigenvalue weighted by Gasteiger charge is -2.37. The van der Waals surface area contributed by atoms with E-state index in [2.05, 4.69) is 4.98 Å². The number of aromatic nitrogens is 2. The molecule has 1 aliphatic heterocycles. The first kappa shape index (κ1) is 22.9. The van der Waals surface area contributed by atoms with Crippen LogP contribution in [0.5, 0.6) is 5.75 Å². The minimum Gasteiger partial charge on any atom is -0.478 e. The fourth-order valence-corrected chi connectivity index (χ4v) is 4.46. The van der Waals surface area contributed by atoms with E-state index >= 15 is 0 Å². The Hall–Kier alpha value is -3.26. The van der Waals surface area contributed by atoms with Gasteiger partial charge < -0.3 is 9.47 Å². The van der Waals surface area contributed by atoms with Crippen LogP contribution in [0.2, 0.25) is 0 Å². The molecule has 4 rings (SSSR count). The summed E-state index contributed by atoms with van der Waals surface area (Å²) < 4.78 is 11.4. The second kappa shape index (κ2) is 10.1. The first-order valence-electron chi connectivity index (χ1n) is 11.2. The number of amides is 1. The quantitative estimate of drug-likeness (QED) is 0.340. The number of carbonyl (C=O) groups is 2. The molecule has 2 atom stereocenters. The van der Waals surface area contributed by atoms with Crippen molar-refractivity contribution < 1.29 is 19.1 Å². The minimum absolute atomic E-state index is 0.241. The lowest BCUT2D eigenvalue weighted by atomic mass is 10.1. The van der Waals surface area contributed by atoms with Gasteiger partial charge in [-0.2, -0.15) is 0 Å². The number of nitrogens with zero attached hydrogens (tertiary/aromatic N) is 3. The Morgan fingerprint density at radius 2 is 2.09 bits per heavy atom. The van der Waals surface area contributed by atoms with E-state index in [-0.39, 0.29) is 5.91 Å². The lowest BCUT2D eigenvalue weighted by molar-refractivity contribution is -0.146. The van der Waals surface area contributed by atoms with E-state index < -0.39 is 18.1 Å². The number of unbranched alkanes of at least 4 members (excludes halogenated alkanes) is 1. The predicted octanol–water partition coefficient (Wildman–Crippen LogP) is 5.11. The first-order valence-corrected chi connectivity index (χ1v) is 12.1. The van der Waals surface area contributed by atoms with Gasteiger partial charge in [0.1, 0.15) is 16.8 Å². The predicted molar refractivity (Wildman–Crippen MR) is 128 cm³/mol. The number of pyridine rings is 1. The number of hydrogen-bond acceptors (Lipinski definition) is 7. The molecule has 1 aliphatic rings. The van der Waals surface area contributed by atoms with Crippen LogP contribution in [0.1, 0.15) is 40.0 Å². The van der Waals surface area contributed by atoms with Crippen molar-refractivity contribution in [3.05, 3.63) is 48.0 Å². The molecule has 172 valence electrons. The topological polar surface area (TPSA) is 81.6 Å². The molecule has 0 aliphatic carbocycles. The zero-order chi connectivity index (χ0) is 23.4. The molecule has 0 fully saturated rings. The first-order chi connectivity index (χ1) is 16.0. The van der Waals surface area contributed by atoms with E-state index in [0.717, 1.165) is 34.8 Å². The average molecular weight is 466 g/mol. The van der Waals surface area contributed by atoms with Crippen LogP contribution in [0, 0.1) is 0 Å². The molecule has 2 aromatic heterocycles. The Balaban J connectivity index is 1.67. The van der Waals surface area contributed by atoms with Gasteiger partial charge >= 0.3 is 5.97 Å². The molecular weight excluding hydrogens is 438 g/mol. The Morgan fingerprint density at radius 3 is 2.82 bits per heavy atom. The number of benzene rings is 1. The number of ether oxygens (including phenoxy) is 2. The normalized spacial score (nSPS) is 16.2. The summed E-state index contributed by atoms with van der Waals surface area (Å²) in [5.74, 6) is -0.0934. The number of esters is 1. The molecular formula is C25H27N3O4S. The molecule has 1 amide bonds. The third-order valence-corrected chi connectivity index (χ3v) is 6.39. The van der Waals surface area contributed by atoms with Crippen LogP contribution in [0.25, 0.3) is 22.0 Å². The number of carbonyl (C=O) groups excluding carboxylic acids is 2. The highest BCUT2D eigenvalue weighted by atomic mass is 32.1. The van der Waals surface area contributed by atoms with E-state index in [9.17, 15) is 9.59 Å². The van der Waals surface area contributed by atoms with Crippen molar-refractivity contribution in [3.63, 3.8) is 0 Å². The lowest BCUT2D eigenvalue weighted by Crippen LogP contribution is -2.52. The Kier molecular flexibility index (Phi) is 7.03. The van der Waals surface area contributed by atoms with Crippen LogP contribution in [-0.4, -0.2) is 40.6 Å². The fraction of sp³-hybridized carbons (Fsp3) is 0.360. The molecule has 3 heterocycles. The summed E-state index contributed by atoms with van der Waals surface area (Å²) in [6.45, 7) is 5.96. The van der Waals surface area contributed by atoms with Gasteiger partial charge in [-0.3, -0.25) is 14.7 Å². The molecule has 3 aromatic rings. The molecule has 0 spiro atoms. The average Bonchev–Trinajstić information content (AvgIpc) is 3.34. The molecule has 1 aromatic carbocycles. The summed E-state index contributed by atoms with van der Waals surface area (Å²) in [6, 6.07) is 10.6. The largest absolute Gasteiger partial charge is 0.478 e. The van der Waals surface area contributed by atoms with Crippen LogP contribution in [0.15, 0.2) is 48.0 Å². The molecule has 0 bridgehead atoms. The molecule has 0 radical (unpaired) electrons. The molecule has 0 N–H and O–H groups in total. The maximum atomic E-state index is 13.2. The van der Waals surface area contributed by atoms with Gasteiger partial charge in [0.2, 0.25) is 0 Å². The van der Waals surface area contributed by atoms with Gasteiger partial charge in [-0.15, -0.1) is 11.3 Å². The Bertz CT molecular complexity index is 1130. The summed E-state index contributed by atoms with van der Waals surface area (Å²) in [6.07, 6.45) is 3.32. The summed E-state index contributed by atoms with van der Waals surface area (Å²) >= 11 is 1.50. The van der Waals surface area contributed by atoms with Crippen molar-refractivity contribution in [3.8, 4) is 27.7 Å². The van der Waals surface area contributed by atoms with Crippen molar-refractivity contribution in [2.45, 2.75) is 52.2 Å². The molecule has 7 nitrogen and oxygen atoms in total. The van der Waals surface area contributed by atoms with Crippen molar-refractivity contribution in [1.82, 2.24) is 9.97 Å². The summed E-state index contributed by atoms with van der Waals surface area (Å²) in [5, 5.41) is 2.77. The number of anilines is 1. The standard InChI is InChI=1S/C25H27N3O4S/c1-4-6-13-31-25(30)16(3)28-20-14-17(10-11-22(20)32-21(5-2)24(28)29)19-15-33-23(27-19)18-9-7-8-12-26-18/h7-12,14-16,21H,4-6,13H2,1-3H3. The van der Waals surface area contributed by atoms with Crippen LogP contribution in [0.3, 0.4) is 0 Å². The number of rotatable bonds is 8. The number of hydrogen-bond donors (Lipinski definition) is 0. The number of fused-ring (bicyclic) bond motifs is 1. The smallest absolute Gasteiger partial charge is 0.328 e. The van der Waals surface area contributed by atoms with E-state index in [4.69, 9.17) is 14.5 Å². The zero-order valence-electron chi connectivity index (χ0n) is 19.0. The second-order valence-electron chi connectivity index (χ2n) is 7.86. The van der Waals surface area contributed by atoms with Gasteiger partial charge in [0, 0.05) is 17.1 Å². The highest BCUT2D eigenvalue weighted by Gasteiger charge is 2.39. The molecule has 2 unspecified atom stereocenters. The van der Waals surface area contributed by atoms with Gasteiger partial charge in [-0.25, -0.2) is 9.78 Å². The van der Waals surface area contributed by atoms with E-state index in [0.29, 0.717) is 24.5 Å². The van der Waals surface area contributed by atoms with Gasteiger partial charge in [0.05, 0.1) is 23.7 Å². The van der Waals surface area contributed by atoms with E-state index in [1.165, 1.54) is 16.2 Å². The van der Waals surface area contributed by atoms with Gasteiger partial charge in [-0.1, -0.05) is 26.3 Å². The summed E-state index contributed by atoms with van der Waals surface area (Å²) in [4.78, 5) is 36.5. The second-order valence-corrected chi connectivity index (χ2v) is 8.71. The van der Waals surface area contributed by atoms with Crippen molar-refractivity contribution in [2.75, 3.05) is 11.5 Å². The van der Waals surface area contributed by atoms with E-state index in [1.54, 1.807) is 13.1 Å². The maximum Gasteiger partial charge on any atom is 0.328 e. The highest BCUT2D eigenvalue weighted by molar-refractivity contribution is 7.13. The molecule has 33 heavy (non-hydrogen) atoms. The Labute approximate surface area is 197 Å². The van der Waals surface area contributed by atoms with Crippen molar-refractivity contribution >= 4 is 28.9 Å². The van der Waals surface area contributed by atoms with Gasteiger partial charge in [0.25, 0.3) is 5.91 Å². The van der Waals surface area contributed by atoms with Crippen molar-refractivity contribution in [2.24, 2.45) is 0 Å². The van der Waals surface area contributed by atoms with Crippen LogP contribution < -0.4 is 9.64 Å². The zero-order valence-corrected chi connectivity index (χ0v) is 19.8. The molecule has 8 heteroatoms. The summed E-state index contributed by atoms with van der Waals surface area (Å²) in [5.41, 5.74) is 2.96. The summed E-state index contributed by atoms with van der Waals surface area (Å²) in [7, 11) is 0.